The number of hydrogen-bond acceptors (Lipinski definition) is 5. The van der Waals surface area contributed by atoms with E-state index in [0.717, 1.165) is 32.1 Å². The van der Waals surface area contributed by atoms with Gasteiger partial charge < -0.3 is 9.47 Å². The fourth-order valence-electron chi connectivity index (χ4n) is 9.80. The maximum atomic E-state index is 13.3. The van der Waals surface area contributed by atoms with Gasteiger partial charge in [0, 0.05) is 24.2 Å². The standard InChI is InChI=1S/C26H34O5/c1-13-17-11-14(27)5-8-24(17,2)16-6-9-25(3)22(21(16)20(13)23(29)30-4)15-12-18(15)26(25)10-7-19(28)31-26/h11,13,15-16,18,20-22H,5-10,12H2,1-4H3/t13-,15-,16?,18+,20-,21?,22?,24-,25+,26-/m1/s1. The lowest BCUT2D eigenvalue weighted by molar-refractivity contribution is -0.189. The molecular formula is C26H34O5. The third-order valence-electron chi connectivity index (χ3n) is 11.1. The van der Waals surface area contributed by atoms with Gasteiger partial charge in [-0.2, -0.15) is 0 Å². The van der Waals surface area contributed by atoms with Crippen molar-refractivity contribution in [3.05, 3.63) is 11.6 Å². The Balaban J connectivity index is 1.49. The number of esters is 2. The first-order valence-electron chi connectivity index (χ1n) is 12.2. The Morgan fingerprint density at radius 2 is 1.90 bits per heavy atom. The average Bonchev–Trinajstić information content (AvgIpc) is 3.37. The van der Waals surface area contributed by atoms with E-state index in [1.165, 1.54) is 12.7 Å². The van der Waals surface area contributed by atoms with Crippen LogP contribution in [0.15, 0.2) is 11.6 Å². The Morgan fingerprint density at radius 3 is 2.58 bits per heavy atom. The van der Waals surface area contributed by atoms with Gasteiger partial charge in [0.15, 0.2) is 5.78 Å². The van der Waals surface area contributed by atoms with Gasteiger partial charge in [0.25, 0.3) is 0 Å². The number of fused-ring (bicyclic) bond motifs is 9. The molecule has 10 atom stereocenters. The molecule has 4 saturated carbocycles. The molecule has 0 N–H and O–H groups in total. The predicted octanol–water partition coefficient (Wildman–Crippen LogP) is 4.10. The highest BCUT2D eigenvalue weighted by Crippen LogP contribution is 2.80. The average molecular weight is 427 g/mol. The largest absolute Gasteiger partial charge is 0.469 e. The van der Waals surface area contributed by atoms with Crippen LogP contribution >= 0.6 is 0 Å². The van der Waals surface area contributed by atoms with Crippen LogP contribution in [0.2, 0.25) is 0 Å². The second-order valence-electron chi connectivity index (χ2n) is 11.9. The van der Waals surface area contributed by atoms with Gasteiger partial charge in [-0.3, -0.25) is 14.4 Å². The van der Waals surface area contributed by atoms with Crippen molar-refractivity contribution in [2.24, 2.45) is 52.3 Å². The predicted molar refractivity (Wildman–Crippen MR) is 113 cm³/mol. The molecule has 1 saturated heterocycles. The van der Waals surface area contributed by atoms with E-state index in [9.17, 15) is 14.4 Å². The van der Waals surface area contributed by atoms with Crippen molar-refractivity contribution in [3.8, 4) is 0 Å². The van der Waals surface area contributed by atoms with E-state index >= 15 is 0 Å². The van der Waals surface area contributed by atoms with Gasteiger partial charge in [0.2, 0.25) is 0 Å². The second kappa shape index (κ2) is 6.02. The zero-order valence-electron chi connectivity index (χ0n) is 19.1. The molecule has 0 aromatic heterocycles. The van der Waals surface area contributed by atoms with Crippen LogP contribution in [0.3, 0.4) is 0 Å². The molecule has 1 heterocycles. The summed E-state index contributed by atoms with van der Waals surface area (Å²) in [6.07, 6.45) is 7.91. The normalized spacial score (nSPS) is 54.3. The molecule has 0 aromatic carbocycles. The van der Waals surface area contributed by atoms with E-state index in [2.05, 4.69) is 20.8 Å². The minimum absolute atomic E-state index is 0.00479. The molecule has 5 aliphatic carbocycles. The van der Waals surface area contributed by atoms with Gasteiger partial charge in [-0.1, -0.05) is 26.3 Å². The van der Waals surface area contributed by atoms with Crippen molar-refractivity contribution in [1.29, 1.82) is 0 Å². The summed E-state index contributed by atoms with van der Waals surface area (Å²) in [6.45, 7) is 6.84. The zero-order chi connectivity index (χ0) is 21.9. The van der Waals surface area contributed by atoms with Crippen molar-refractivity contribution in [1.82, 2.24) is 0 Å². The topological polar surface area (TPSA) is 69.7 Å². The van der Waals surface area contributed by atoms with Crippen LogP contribution in [-0.4, -0.2) is 30.4 Å². The lowest BCUT2D eigenvalue weighted by Crippen LogP contribution is -2.61. The molecule has 6 rings (SSSR count). The summed E-state index contributed by atoms with van der Waals surface area (Å²) >= 11 is 0. The first-order chi connectivity index (χ1) is 14.7. The van der Waals surface area contributed by atoms with E-state index in [0.29, 0.717) is 36.5 Å². The third kappa shape index (κ3) is 2.21. The van der Waals surface area contributed by atoms with Gasteiger partial charge in [0.05, 0.1) is 13.0 Å². The molecule has 3 unspecified atom stereocenters. The van der Waals surface area contributed by atoms with Crippen LogP contribution in [0.1, 0.15) is 65.7 Å². The fraction of sp³-hybridized carbons (Fsp3) is 0.808. The molecule has 0 radical (unpaired) electrons. The first kappa shape index (κ1) is 20.0. The molecule has 0 amide bonds. The summed E-state index contributed by atoms with van der Waals surface area (Å²) in [5, 5.41) is 0. The van der Waals surface area contributed by atoms with Crippen molar-refractivity contribution in [3.63, 3.8) is 0 Å². The lowest BCUT2D eigenvalue weighted by Gasteiger charge is -2.63. The van der Waals surface area contributed by atoms with Crippen LogP contribution in [0.4, 0.5) is 0 Å². The molecule has 1 aliphatic heterocycles. The Hall–Kier alpha value is -1.65. The van der Waals surface area contributed by atoms with Crippen molar-refractivity contribution in [2.75, 3.05) is 7.11 Å². The maximum absolute atomic E-state index is 13.3. The number of carbonyl (C=O) groups excluding carboxylic acids is 3. The van der Waals surface area contributed by atoms with Gasteiger partial charge in [-0.25, -0.2) is 0 Å². The van der Waals surface area contributed by atoms with Crippen molar-refractivity contribution < 1.29 is 23.9 Å². The SMILES string of the molecule is COC(=O)[C@H]1C2C(CC[C@@]3(C)C2[C@@H]2C[C@@H]2[C@]32CCC(=O)O2)[C@@]2(C)CCC(=O)C=C2[C@H]1C. The number of rotatable bonds is 1. The number of allylic oxidation sites excluding steroid dienone is 1. The Kier molecular flexibility index (Phi) is 3.88. The molecule has 31 heavy (non-hydrogen) atoms. The highest BCUT2D eigenvalue weighted by atomic mass is 16.6. The highest BCUT2D eigenvalue weighted by Gasteiger charge is 2.80. The molecule has 0 bridgehead atoms. The van der Waals surface area contributed by atoms with Gasteiger partial charge in [-0.05, 0) is 73.2 Å². The van der Waals surface area contributed by atoms with E-state index in [4.69, 9.17) is 9.47 Å². The quantitative estimate of drug-likeness (QED) is 0.591. The fourth-order valence-corrected chi connectivity index (χ4v) is 9.80. The summed E-state index contributed by atoms with van der Waals surface area (Å²) in [5.74, 6) is 1.79. The molecule has 6 aliphatic rings. The van der Waals surface area contributed by atoms with Gasteiger partial charge in [0.1, 0.15) is 5.60 Å². The number of hydrogen-bond donors (Lipinski definition) is 0. The monoisotopic (exact) mass is 426 g/mol. The van der Waals surface area contributed by atoms with Crippen molar-refractivity contribution >= 4 is 17.7 Å². The Morgan fingerprint density at radius 1 is 1.13 bits per heavy atom. The minimum atomic E-state index is -0.326. The van der Waals surface area contributed by atoms with Crippen LogP contribution in [-0.2, 0) is 23.9 Å². The third-order valence-corrected chi connectivity index (χ3v) is 11.1. The summed E-state index contributed by atoms with van der Waals surface area (Å²) < 4.78 is 11.6. The zero-order valence-corrected chi connectivity index (χ0v) is 19.1. The van der Waals surface area contributed by atoms with E-state index in [-0.39, 0.29) is 51.9 Å². The van der Waals surface area contributed by atoms with E-state index < -0.39 is 0 Å². The van der Waals surface area contributed by atoms with Crippen molar-refractivity contribution in [2.45, 2.75) is 71.3 Å². The number of ether oxygens (including phenoxy) is 2. The lowest BCUT2D eigenvalue weighted by atomic mass is 9.41. The minimum Gasteiger partial charge on any atom is -0.469 e. The summed E-state index contributed by atoms with van der Waals surface area (Å²) in [4.78, 5) is 37.9. The molecule has 5 fully saturated rings. The summed E-state index contributed by atoms with van der Waals surface area (Å²) in [5.41, 5.74) is 0.753. The first-order valence-corrected chi connectivity index (χ1v) is 12.2. The molecular weight excluding hydrogens is 392 g/mol. The van der Waals surface area contributed by atoms with Crippen LogP contribution in [0.25, 0.3) is 0 Å². The molecule has 5 heteroatoms. The highest BCUT2D eigenvalue weighted by molar-refractivity contribution is 5.92. The van der Waals surface area contributed by atoms with Gasteiger partial charge in [-0.15, -0.1) is 0 Å². The summed E-state index contributed by atoms with van der Waals surface area (Å²) in [6, 6.07) is 0. The van der Waals surface area contributed by atoms with Crippen LogP contribution < -0.4 is 0 Å². The smallest absolute Gasteiger partial charge is 0.309 e. The molecule has 0 aromatic rings. The number of methoxy groups -OCH3 is 1. The van der Waals surface area contributed by atoms with E-state index in [1.54, 1.807) is 0 Å². The van der Waals surface area contributed by atoms with Crippen LogP contribution in [0, 0.1) is 52.3 Å². The second-order valence-corrected chi connectivity index (χ2v) is 11.9. The number of carbonyl (C=O) groups is 3. The maximum Gasteiger partial charge on any atom is 0.309 e. The molecule has 1 spiro atoms. The Labute approximate surface area is 184 Å². The molecule has 5 nitrogen and oxygen atoms in total. The summed E-state index contributed by atoms with van der Waals surface area (Å²) in [7, 11) is 1.50. The molecule has 168 valence electrons. The van der Waals surface area contributed by atoms with Gasteiger partial charge >= 0.3 is 11.9 Å². The number of ketones is 1. The van der Waals surface area contributed by atoms with Crippen LogP contribution in [0.5, 0.6) is 0 Å². The Bertz CT molecular complexity index is 921. The van der Waals surface area contributed by atoms with E-state index in [1.807, 2.05) is 6.08 Å².